The highest BCUT2D eigenvalue weighted by Crippen LogP contribution is 2.29. The number of carbonyl (C=O) groups is 1. The summed E-state index contributed by atoms with van der Waals surface area (Å²) >= 11 is 1.62. The van der Waals surface area contributed by atoms with Crippen LogP contribution in [0.4, 0.5) is 10.5 Å². The topological polar surface area (TPSA) is 75.7 Å². The van der Waals surface area contributed by atoms with E-state index in [-0.39, 0.29) is 6.03 Å². The van der Waals surface area contributed by atoms with E-state index < -0.39 is 15.1 Å². The number of hydrogen-bond donors (Lipinski definition) is 1. The number of thiophene rings is 1. The Balaban J connectivity index is 1.37. The van der Waals surface area contributed by atoms with Gasteiger partial charge in [0.2, 0.25) is 0 Å². The zero-order chi connectivity index (χ0) is 21.8. The maximum absolute atomic E-state index is 13.1. The minimum atomic E-state index is -3.44. The minimum Gasteiger partial charge on any atom is -0.497 e. The SMILES string of the molecule is COc1cccc(NC(=O)N2CCC(S(=O)(=O)c3ccc(-c4cccs4)cc3)CC2)c1. The van der Waals surface area contributed by atoms with E-state index in [0.717, 1.165) is 10.4 Å². The van der Waals surface area contributed by atoms with Gasteiger partial charge in [-0.25, -0.2) is 13.2 Å². The summed E-state index contributed by atoms with van der Waals surface area (Å²) in [7, 11) is -1.86. The molecule has 8 heteroatoms. The number of carbonyl (C=O) groups excluding carboxylic acids is 1. The summed E-state index contributed by atoms with van der Waals surface area (Å²) in [6.07, 6.45) is 0.834. The largest absolute Gasteiger partial charge is 0.497 e. The van der Waals surface area contributed by atoms with Crippen molar-refractivity contribution in [1.82, 2.24) is 4.90 Å². The van der Waals surface area contributed by atoms with Gasteiger partial charge >= 0.3 is 6.03 Å². The van der Waals surface area contributed by atoms with Crippen LogP contribution >= 0.6 is 11.3 Å². The molecule has 1 aliphatic heterocycles. The van der Waals surface area contributed by atoms with Crippen molar-refractivity contribution in [2.24, 2.45) is 0 Å². The molecule has 0 bridgehead atoms. The number of nitrogens with zero attached hydrogens (tertiary/aromatic N) is 1. The quantitative estimate of drug-likeness (QED) is 0.593. The third-order valence-corrected chi connectivity index (χ3v) is 8.67. The Morgan fingerprint density at radius 2 is 1.81 bits per heavy atom. The van der Waals surface area contributed by atoms with Crippen molar-refractivity contribution in [3.05, 3.63) is 66.0 Å². The van der Waals surface area contributed by atoms with Crippen LogP contribution in [0.2, 0.25) is 0 Å². The molecule has 2 aromatic carbocycles. The first-order chi connectivity index (χ1) is 15.0. The Kier molecular flexibility index (Phi) is 6.29. The minimum absolute atomic E-state index is 0.232. The van der Waals surface area contributed by atoms with Gasteiger partial charge in [-0.1, -0.05) is 24.3 Å². The number of urea groups is 1. The number of nitrogens with one attached hydrogen (secondary N) is 1. The molecule has 0 aliphatic carbocycles. The zero-order valence-corrected chi connectivity index (χ0v) is 18.8. The first kappa shape index (κ1) is 21.4. The summed E-state index contributed by atoms with van der Waals surface area (Å²) in [6.45, 7) is 0.792. The highest BCUT2D eigenvalue weighted by Gasteiger charge is 2.32. The zero-order valence-electron chi connectivity index (χ0n) is 17.2. The second-order valence-corrected chi connectivity index (χ2v) is 10.6. The number of benzene rings is 2. The number of ether oxygens (including phenoxy) is 1. The van der Waals surface area contributed by atoms with E-state index in [2.05, 4.69) is 5.32 Å². The number of rotatable bonds is 5. The van der Waals surface area contributed by atoms with E-state index in [1.165, 1.54) is 0 Å². The summed E-state index contributed by atoms with van der Waals surface area (Å²) in [5.41, 5.74) is 1.66. The van der Waals surface area contributed by atoms with Gasteiger partial charge in [-0.15, -0.1) is 11.3 Å². The number of hydrogen-bond acceptors (Lipinski definition) is 5. The maximum Gasteiger partial charge on any atom is 0.321 e. The summed E-state index contributed by atoms with van der Waals surface area (Å²) in [6, 6.07) is 18.0. The number of sulfone groups is 1. The van der Waals surface area contributed by atoms with Gasteiger partial charge in [-0.2, -0.15) is 0 Å². The van der Waals surface area contributed by atoms with Gasteiger partial charge in [0.15, 0.2) is 9.84 Å². The lowest BCUT2D eigenvalue weighted by molar-refractivity contribution is 0.200. The number of amides is 2. The van der Waals surface area contributed by atoms with Crippen molar-refractivity contribution in [3.8, 4) is 16.2 Å². The van der Waals surface area contributed by atoms with Gasteiger partial charge in [0.05, 0.1) is 17.3 Å². The monoisotopic (exact) mass is 456 g/mol. The molecule has 1 saturated heterocycles. The highest BCUT2D eigenvalue weighted by molar-refractivity contribution is 7.92. The molecule has 6 nitrogen and oxygen atoms in total. The van der Waals surface area contributed by atoms with Crippen molar-refractivity contribution in [1.29, 1.82) is 0 Å². The lowest BCUT2D eigenvalue weighted by Gasteiger charge is -2.31. The van der Waals surface area contributed by atoms with E-state index in [0.29, 0.717) is 42.3 Å². The van der Waals surface area contributed by atoms with E-state index in [1.807, 2.05) is 29.6 Å². The first-order valence-electron chi connectivity index (χ1n) is 10.1. The average Bonchev–Trinajstić information content (AvgIpc) is 3.34. The smallest absolute Gasteiger partial charge is 0.321 e. The van der Waals surface area contributed by atoms with Crippen LogP contribution in [-0.4, -0.2) is 44.8 Å². The molecule has 3 aromatic rings. The fourth-order valence-corrected chi connectivity index (χ4v) is 6.18. The van der Waals surface area contributed by atoms with Crippen LogP contribution in [-0.2, 0) is 9.84 Å². The maximum atomic E-state index is 13.1. The van der Waals surface area contributed by atoms with Gasteiger partial charge in [0, 0.05) is 29.7 Å². The van der Waals surface area contributed by atoms with Crippen molar-refractivity contribution >= 4 is 32.9 Å². The second kappa shape index (κ2) is 9.11. The fraction of sp³-hybridized carbons (Fsp3) is 0.261. The molecule has 0 unspecified atom stereocenters. The van der Waals surface area contributed by atoms with E-state index >= 15 is 0 Å². The van der Waals surface area contributed by atoms with Crippen LogP contribution in [0.1, 0.15) is 12.8 Å². The molecule has 1 aliphatic rings. The number of likely N-dealkylation sites (tertiary alicyclic amines) is 1. The molecule has 31 heavy (non-hydrogen) atoms. The fourth-order valence-electron chi connectivity index (χ4n) is 3.72. The van der Waals surface area contributed by atoms with Crippen LogP contribution in [0.25, 0.3) is 10.4 Å². The molecule has 0 spiro atoms. The molecule has 1 fully saturated rings. The molecule has 0 atom stereocenters. The number of anilines is 1. The van der Waals surface area contributed by atoms with Crippen LogP contribution in [0, 0.1) is 0 Å². The number of methoxy groups -OCH3 is 1. The molecule has 4 rings (SSSR count). The van der Waals surface area contributed by atoms with E-state index in [9.17, 15) is 13.2 Å². The summed E-state index contributed by atoms with van der Waals surface area (Å²) < 4.78 is 31.4. The molecular formula is C23H24N2O4S2. The lowest BCUT2D eigenvalue weighted by Crippen LogP contribution is -2.44. The molecule has 2 amide bonds. The van der Waals surface area contributed by atoms with Crippen LogP contribution in [0.3, 0.4) is 0 Å². The average molecular weight is 457 g/mol. The molecular weight excluding hydrogens is 432 g/mol. The third-order valence-electron chi connectivity index (χ3n) is 5.48. The highest BCUT2D eigenvalue weighted by atomic mass is 32.2. The second-order valence-electron chi connectivity index (χ2n) is 7.40. The molecule has 2 heterocycles. The summed E-state index contributed by atoms with van der Waals surface area (Å²) in [5, 5.41) is 4.36. The van der Waals surface area contributed by atoms with Crippen LogP contribution in [0.5, 0.6) is 5.75 Å². The standard InChI is InChI=1S/C23H24N2O4S2/c1-29-19-5-2-4-18(16-19)24-23(26)25-13-11-21(12-14-25)31(27,28)20-9-7-17(8-10-20)22-6-3-15-30-22/h2-10,15-16,21H,11-14H2,1H3,(H,24,26). The van der Waals surface area contributed by atoms with E-state index in [4.69, 9.17) is 4.74 Å². The Morgan fingerprint density at radius 1 is 1.06 bits per heavy atom. The molecule has 0 saturated carbocycles. The Morgan fingerprint density at radius 3 is 2.45 bits per heavy atom. The van der Waals surface area contributed by atoms with Gasteiger partial charge < -0.3 is 15.0 Å². The molecule has 162 valence electrons. The normalized spacial score (nSPS) is 14.9. The predicted molar refractivity (Wildman–Crippen MR) is 124 cm³/mol. The number of piperidine rings is 1. The van der Waals surface area contributed by atoms with Crippen molar-refractivity contribution < 1.29 is 17.9 Å². The Hall–Kier alpha value is -2.84. The van der Waals surface area contributed by atoms with Gasteiger partial charge in [0.1, 0.15) is 5.75 Å². The van der Waals surface area contributed by atoms with Crippen LogP contribution < -0.4 is 10.1 Å². The predicted octanol–water partition coefficient (Wildman–Crippen LogP) is 4.89. The Labute approximate surface area is 186 Å². The molecule has 1 N–H and O–H groups in total. The summed E-state index contributed by atoms with van der Waals surface area (Å²) in [5.74, 6) is 0.660. The van der Waals surface area contributed by atoms with Gasteiger partial charge in [0.25, 0.3) is 0 Å². The third kappa shape index (κ3) is 4.75. The van der Waals surface area contributed by atoms with Gasteiger partial charge in [-0.3, -0.25) is 0 Å². The van der Waals surface area contributed by atoms with E-state index in [1.54, 1.807) is 59.7 Å². The lowest BCUT2D eigenvalue weighted by atomic mass is 10.1. The Bertz CT molecular complexity index is 1130. The van der Waals surface area contributed by atoms with Crippen LogP contribution in [0.15, 0.2) is 70.9 Å². The first-order valence-corrected chi connectivity index (χ1v) is 12.5. The molecule has 0 radical (unpaired) electrons. The van der Waals surface area contributed by atoms with Crippen molar-refractivity contribution in [2.75, 3.05) is 25.5 Å². The van der Waals surface area contributed by atoms with Crippen molar-refractivity contribution in [2.45, 2.75) is 23.0 Å². The molecule has 1 aromatic heterocycles. The summed E-state index contributed by atoms with van der Waals surface area (Å²) in [4.78, 5) is 15.7. The van der Waals surface area contributed by atoms with Crippen molar-refractivity contribution in [3.63, 3.8) is 0 Å². The van der Waals surface area contributed by atoms with Gasteiger partial charge in [-0.05, 0) is 54.1 Å².